The number of carboxylic acids is 1. The summed E-state index contributed by atoms with van der Waals surface area (Å²) >= 11 is 0. The van der Waals surface area contributed by atoms with Crippen molar-refractivity contribution in [3.8, 4) is 0 Å². The molecule has 4 aliphatic rings. The van der Waals surface area contributed by atoms with Crippen LogP contribution in [0.5, 0.6) is 0 Å². The SMILES string of the molecule is CNC(=O)/C(=N\OCC(=O)O)c1nc2ccccc2n([C@H]2C[C@H]3CCC[C@@H](C2)N3C2C[C@H]3CCCC[C@@H](C2)C3)c1=O. The van der Waals surface area contributed by atoms with Crippen LogP contribution in [0.15, 0.2) is 34.2 Å². The number of para-hydroxylation sites is 2. The number of rotatable bonds is 7. The highest BCUT2D eigenvalue weighted by Gasteiger charge is 2.45. The van der Waals surface area contributed by atoms with Crippen molar-refractivity contribution in [2.45, 2.75) is 101 Å². The lowest BCUT2D eigenvalue weighted by atomic mass is 9.73. The van der Waals surface area contributed by atoms with Crippen molar-refractivity contribution < 1.29 is 19.5 Å². The number of benzene rings is 1. The molecule has 4 bridgehead atoms. The van der Waals surface area contributed by atoms with Gasteiger partial charge in [-0.15, -0.1) is 0 Å². The fourth-order valence-electron chi connectivity index (χ4n) is 8.44. The number of aliphatic carboxylic acids is 1. The summed E-state index contributed by atoms with van der Waals surface area (Å²) in [5.41, 5.74) is 0.480. The predicted molar refractivity (Wildman–Crippen MR) is 155 cm³/mol. The van der Waals surface area contributed by atoms with Crippen LogP contribution in [-0.2, 0) is 14.4 Å². The Kier molecular flexibility index (Phi) is 8.10. The summed E-state index contributed by atoms with van der Waals surface area (Å²) in [5.74, 6) is -0.170. The van der Waals surface area contributed by atoms with Crippen molar-refractivity contribution in [3.05, 3.63) is 40.3 Å². The first-order valence-electron chi connectivity index (χ1n) is 15.4. The lowest BCUT2D eigenvalue weighted by Crippen LogP contribution is -2.58. The van der Waals surface area contributed by atoms with Crippen LogP contribution < -0.4 is 10.9 Å². The highest BCUT2D eigenvalue weighted by Crippen LogP contribution is 2.47. The van der Waals surface area contributed by atoms with Gasteiger partial charge in [-0.2, -0.15) is 0 Å². The van der Waals surface area contributed by atoms with E-state index in [0.717, 1.165) is 43.0 Å². The van der Waals surface area contributed by atoms with E-state index in [9.17, 15) is 14.4 Å². The van der Waals surface area contributed by atoms with E-state index in [4.69, 9.17) is 9.94 Å². The van der Waals surface area contributed by atoms with E-state index < -0.39 is 24.0 Å². The molecule has 1 aromatic carbocycles. The third kappa shape index (κ3) is 5.63. The van der Waals surface area contributed by atoms with Crippen molar-refractivity contribution in [2.24, 2.45) is 17.0 Å². The van der Waals surface area contributed by atoms with Crippen LogP contribution in [0, 0.1) is 11.8 Å². The molecule has 1 amide bonds. The van der Waals surface area contributed by atoms with Crippen molar-refractivity contribution >= 4 is 28.6 Å². The van der Waals surface area contributed by atoms with Gasteiger partial charge in [0.25, 0.3) is 11.5 Å². The molecule has 220 valence electrons. The molecule has 4 fully saturated rings. The van der Waals surface area contributed by atoms with E-state index in [1.54, 1.807) is 0 Å². The maximum Gasteiger partial charge on any atom is 0.344 e. The van der Waals surface area contributed by atoms with Gasteiger partial charge in [-0.3, -0.25) is 14.5 Å². The van der Waals surface area contributed by atoms with Gasteiger partial charge < -0.3 is 19.8 Å². The van der Waals surface area contributed by atoms with Crippen LogP contribution >= 0.6 is 0 Å². The summed E-state index contributed by atoms with van der Waals surface area (Å²) in [4.78, 5) is 50.3. The fourth-order valence-corrected chi connectivity index (χ4v) is 8.44. The Labute approximate surface area is 240 Å². The second-order valence-electron chi connectivity index (χ2n) is 12.5. The Bertz CT molecular complexity index is 1360. The minimum atomic E-state index is -1.23. The van der Waals surface area contributed by atoms with E-state index in [0.29, 0.717) is 23.6 Å². The van der Waals surface area contributed by atoms with Crippen LogP contribution in [0.2, 0.25) is 0 Å². The van der Waals surface area contributed by atoms with E-state index in [1.807, 2.05) is 28.8 Å². The number of amides is 1. The first kappa shape index (κ1) is 27.9. The summed E-state index contributed by atoms with van der Waals surface area (Å²) in [6, 6.07) is 8.99. The van der Waals surface area contributed by atoms with Gasteiger partial charge in [0.1, 0.15) is 0 Å². The molecular weight excluding hydrogens is 522 g/mol. The number of hydrogen-bond acceptors (Lipinski definition) is 7. The van der Waals surface area contributed by atoms with Crippen molar-refractivity contribution in [3.63, 3.8) is 0 Å². The molecule has 0 spiro atoms. The van der Waals surface area contributed by atoms with Crippen molar-refractivity contribution in [1.29, 1.82) is 0 Å². The summed E-state index contributed by atoms with van der Waals surface area (Å²) < 4.78 is 1.83. The minimum absolute atomic E-state index is 0.0301. The molecule has 1 unspecified atom stereocenters. The summed E-state index contributed by atoms with van der Waals surface area (Å²) in [6.07, 6.45) is 14.9. The molecule has 2 aliphatic carbocycles. The van der Waals surface area contributed by atoms with Gasteiger partial charge in [0.2, 0.25) is 6.61 Å². The number of likely N-dealkylation sites (N-methyl/N-ethyl adjacent to an activating group) is 1. The smallest absolute Gasteiger partial charge is 0.344 e. The molecular formula is C31H41N5O5. The third-order valence-electron chi connectivity index (χ3n) is 9.95. The quantitative estimate of drug-likeness (QED) is 0.387. The second-order valence-corrected chi connectivity index (χ2v) is 12.5. The molecule has 2 N–H and O–H groups in total. The van der Waals surface area contributed by atoms with Crippen LogP contribution in [0.1, 0.15) is 88.8 Å². The van der Waals surface area contributed by atoms with Crippen LogP contribution in [0.4, 0.5) is 0 Å². The maximum atomic E-state index is 14.2. The molecule has 6 atom stereocenters. The Balaban J connectivity index is 1.35. The molecule has 41 heavy (non-hydrogen) atoms. The average molecular weight is 564 g/mol. The average Bonchev–Trinajstić information content (AvgIpc) is 3.13. The lowest BCUT2D eigenvalue weighted by Gasteiger charge is -2.54. The predicted octanol–water partition coefficient (Wildman–Crippen LogP) is 3.86. The van der Waals surface area contributed by atoms with E-state index in [2.05, 4.69) is 20.4 Å². The standard InChI is InChI=1S/C31H41N5O5/c1-32-30(39)28(34-41-18-27(37)38)29-31(40)36(26-12-5-4-11-25(26)33-29)24-16-21-9-6-10-22(17-24)35(21)23-14-19-7-2-3-8-20(13-19)15-23/h4-5,11-12,19-24H,2-3,6-10,13-18H2,1H3,(H,32,39)(H,37,38)/b34-28-/t19-,20+,21-,22+,23?,24+. The molecule has 2 aliphatic heterocycles. The van der Waals surface area contributed by atoms with Gasteiger partial charge in [0.15, 0.2) is 11.4 Å². The van der Waals surface area contributed by atoms with Gasteiger partial charge in [0, 0.05) is 31.2 Å². The number of nitrogens with one attached hydrogen (secondary N) is 1. The number of fused-ring (bicyclic) bond motifs is 5. The maximum absolute atomic E-state index is 14.2. The molecule has 6 rings (SSSR count). The number of carboxylic acid groups (broad SMARTS) is 1. The number of nitrogens with zero attached hydrogens (tertiary/aromatic N) is 4. The summed E-state index contributed by atoms with van der Waals surface area (Å²) in [6.45, 7) is -0.729. The fraction of sp³-hybridized carbons (Fsp3) is 0.645. The topological polar surface area (TPSA) is 126 Å². The molecule has 1 aromatic heterocycles. The van der Waals surface area contributed by atoms with Gasteiger partial charge in [-0.1, -0.05) is 49.4 Å². The molecule has 10 heteroatoms. The van der Waals surface area contributed by atoms with E-state index in [1.165, 1.54) is 58.4 Å². The Morgan fingerprint density at radius 3 is 2.29 bits per heavy atom. The van der Waals surface area contributed by atoms with Crippen molar-refractivity contribution in [1.82, 2.24) is 19.8 Å². The van der Waals surface area contributed by atoms with Crippen LogP contribution in [-0.4, -0.2) is 68.9 Å². The van der Waals surface area contributed by atoms with Gasteiger partial charge >= 0.3 is 5.97 Å². The first-order valence-corrected chi connectivity index (χ1v) is 15.4. The summed E-state index contributed by atoms with van der Waals surface area (Å²) in [5, 5.41) is 15.2. The molecule has 2 saturated carbocycles. The van der Waals surface area contributed by atoms with E-state index >= 15 is 0 Å². The largest absolute Gasteiger partial charge is 0.479 e. The zero-order chi connectivity index (χ0) is 28.5. The summed E-state index contributed by atoms with van der Waals surface area (Å²) in [7, 11) is 1.42. The van der Waals surface area contributed by atoms with Crippen molar-refractivity contribution in [2.75, 3.05) is 13.7 Å². The first-order chi connectivity index (χ1) is 19.9. The minimum Gasteiger partial charge on any atom is -0.479 e. The number of aromatic nitrogens is 2. The number of carbonyl (C=O) groups is 2. The molecule has 2 aromatic rings. The Hall–Kier alpha value is -3.27. The number of piperidine rings is 2. The van der Waals surface area contributed by atoms with Crippen LogP contribution in [0.25, 0.3) is 11.0 Å². The second kappa shape index (κ2) is 11.9. The van der Waals surface area contributed by atoms with E-state index in [-0.39, 0.29) is 17.4 Å². The molecule has 3 heterocycles. The van der Waals surface area contributed by atoms with Gasteiger partial charge in [0.05, 0.1) is 11.0 Å². The van der Waals surface area contributed by atoms with Crippen LogP contribution in [0.3, 0.4) is 0 Å². The Morgan fingerprint density at radius 1 is 0.951 bits per heavy atom. The normalized spacial score (nSPS) is 30.4. The number of carbonyl (C=O) groups excluding carboxylic acids is 1. The zero-order valence-corrected chi connectivity index (χ0v) is 23.8. The van der Waals surface area contributed by atoms with Gasteiger partial charge in [-0.25, -0.2) is 9.78 Å². The van der Waals surface area contributed by atoms with Gasteiger partial charge in [-0.05, 0) is 68.9 Å². The molecule has 2 saturated heterocycles. The number of oxime groups is 1. The third-order valence-corrected chi connectivity index (χ3v) is 9.95. The monoisotopic (exact) mass is 563 g/mol. The zero-order valence-electron chi connectivity index (χ0n) is 23.8. The molecule has 0 radical (unpaired) electrons. The highest BCUT2D eigenvalue weighted by molar-refractivity contribution is 6.44. The highest BCUT2D eigenvalue weighted by atomic mass is 16.6. The Morgan fingerprint density at radius 2 is 1.63 bits per heavy atom. The number of hydrogen-bond donors (Lipinski definition) is 2. The lowest BCUT2D eigenvalue weighted by molar-refractivity contribution is -0.142. The molecule has 10 nitrogen and oxygen atoms in total.